The molecule has 0 aromatic heterocycles. The number of rotatable bonds is 4. The molecule has 1 fully saturated rings. The highest BCUT2D eigenvalue weighted by Crippen LogP contribution is 2.29. The minimum Gasteiger partial charge on any atom is -0.357 e. The van der Waals surface area contributed by atoms with Gasteiger partial charge < -0.3 is 15.5 Å². The number of hydrogen-bond acceptors (Lipinski definition) is 3. The first kappa shape index (κ1) is 18.6. The van der Waals surface area contributed by atoms with Crippen LogP contribution in [0.5, 0.6) is 0 Å². The molecule has 132 valence electrons. The molecule has 0 spiro atoms. The molecule has 0 atom stereocenters. The summed E-state index contributed by atoms with van der Waals surface area (Å²) in [6.45, 7) is 11.6. The molecule has 1 aliphatic heterocycles. The van der Waals surface area contributed by atoms with Crippen molar-refractivity contribution in [3.05, 3.63) is 29.8 Å². The third-order valence-electron chi connectivity index (χ3n) is 3.72. The molecular weight excluding hydrogens is 320 g/mol. The molecule has 5 nitrogen and oxygen atoms in total. The molecule has 1 amide bonds. The van der Waals surface area contributed by atoms with Crippen LogP contribution in [0.3, 0.4) is 0 Å². The van der Waals surface area contributed by atoms with Gasteiger partial charge in [-0.2, -0.15) is 11.8 Å². The Morgan fingerprint density at radius 2 is 2.21 bits per heavy atom. The summed E-state index contributed by atoms with van der Waals surface area (Å²) in [6.07, 6.45) is 0. The van der Waals surface area contributed by atoms with Crippen LogP contribution in [0.15, 0.2) is 29.3 Å². The Morgan fingerprint density at radius 1 is 1.42 bits per heavy atom. The Bertz CT molecular complexity index is 600. The summed E-state index contributed by atoms with van der Waals surface area (Å²) < 4.78 is 0.250. The molecule has 1 aromatic rings. The lowest BCUT2D eigenvalue weighted by atomic mass is 10.2. The number of nitrogens with one attached hydrogen (secondary N) is 2. The SMILES string of the molecule is CCNC(=NCc1cccc(NC(C)=O)c1)N1CCSC(C)(C)C1. The van der Waals surface area contributed by atoms with Gasteiger partial charge in [0.2, 0.25) is 5.91 Å². The summed E-state index contributed by atoms with van der Waals surface area (Å²) in [5, 5.41) is 6.22. The summed E-state index contributed by atoms with van der Waals surface area (Å²) in [7, 11) is 0. The Hall–Kier alpha value is -1.69. The lowest BCUT2D eigenvalue weighted by Crippen LogP contribution is -2.50. The van der Waals surface area contributed by atoms with E-state index in [4.69, 9.17) is 4.99 Å². The van der Waals surface area contributed by atoms with Gasteiger partial charge in [-0.1, -0.05) is 12.1 Å². The number of carbonyl (C=O) groups is 1. The Balaban J connectivity index is 2.09. The van der Waals surface area contributed by atoms with Gasteiger partial charge in [0.05, 0.1) is 6.54 Å². The molecule has 24 heavy (non-hydrogen) atoms. The second-order valence-corrected chi connectivity index (χ2v) is 8.38. The predicted molar refractivity (Wildman–Crippen MR) is 104 cm³/mol. The molecule has 1 aliphatic rings. The Kier molecular flexibility index (Phi) is 6.54. The molecule has 0 unspecified atom stereocenters. The monoisotopic (exact) mass is 348 g/mol. The minimum absolute atomic E-state index is 0.0583. The van der Waals surface area contributed by atoms with Crippen molar-refractivity contribution in [1.82, 2.24) is 10.2 Å². The average molecular weight is 349 g/mol. The van der Waals surface area contributed by atoms with Gasteiger partial charge in [0.1, 0.15) is 0 Å². The third kappa shape index (κ3) is 5.74. The lowest BCUT2D eigenvalue weighted by molar-refractivity contribution is -0.114. The first-order valence-corrected chi connectivity index (χ1v) is 9.42. The molecule has 2 rings (SSSR count). The van der Waals surface area contributed by atoms with Crippen LogP contribution in [0.25, 0.3) is 0 Å². The van der Waals surface area contributed by atoms with Gasteiger partial charge in [0.25, 0.3) is 0 Å². The van der Waals surface area contributed by atoms with E-state index >= 15 is 0 Å². The second-order valence-electron chi connectivity index (χ2n) is 6.58. The topological polar surface area (TPSA) is 56.7 Å². The van der Waals surface area contributed by atoms with E-state index in [2.05, 4.69) is 36.3 Å². The highest BCUT2D eigenvalue weighted by atomic mass is 32.2. The van der Waals surface area contributed by atoms with Crippen molar-refractivity contribution in [3.8, 4) is 0 Å². The zero-order chi connectivity index (χ0) is 17.6. The molecule has 6 heteroatoms. The molecule has 1 aromatic carbocycles. The van der Waals surface area contributed by atoms with E-state index in [0.717, 1.165) is 42.6 Å². The van der Waals surface area contributed by atoms with Crippen molar-refractivity contribution in [2.24, 2.45) is 4.99 Å². The number of anilines is 1. The number of benzene rings is 1. The lowest BCUT2D eigenvalue weighted by Gasteiger charge is -2.39. The Labute approximate surface area is 149 Å². The number of amides is 1. The van der Waals surface area contributed by atoms with Crippen molar-refractivity contribution < 1.29 is 4.79 Å². The zero-order valence-corrected chi connectivity index (χ0v) is 15.9. The summed E-state index contributed by atoms with van der Waals surface area (Å²) >= 11 is 2.02. The maximum Gasteiger partial charge on any atom is 0.221 e. The first-order chi connectivity index (χ1) is 11.4. The molecule has 1 saturated heterocycles. The smallest absolute Gasteiger partial charge is 0.221 e. The van der Waals surface area contributed by atoms with Crippen molar-refractivity contribution >= 4 is 29.3 Å². The molecule has 0 bridgehead atoms. The van der Waals surface area contributed by atoms with Crippen LogP contribution in [0.1, 0.15) is 33.3 Å². The van der Waals surface area contributed by atoms with E-state index in [-0.39, 0.29) is 10.7 Å². The molecule has 0 radical (unpaired) electrons. The van der Waals surface area contributed by atoms with Gasteiger partial charge in [0.15, 0.2) is 5.96 Å². The van der Waals surface area contributed by atoms with Crippen molar-refractivity contribution in [1.29, 1.82) is 0 Å². The van der Waals surface area contributed by atoms with Gasteiger partial charge in [-0.15, -0.1) is 0 Å². The van der Waals surface area contributed by atoms with Crippen LogP contribution in [0.2, 0.25) is 0 Å². The quantitative estimate of drug-likeness (QED) is 0.649. The number of thioether (sulfide) groups is 1. The largest absolute Gasteiger partial charge is 0.357 e. The van der Waals surface area contributed by atoms with Crippen LogP contribution in [0, 0.1) is 0 Å². The first-order valence-electron chi connectivity index (χ1n) is 8.43. The van der Waals surface area contributed by atoms with E-state index in [1.165, 1.54) is 6.92 Å². The average Bonchev–Trinajstić information content (AvgIpc) is 2.50. The van der Waals surface area contributed by atoms with Crippen molar-refractivity contribution in [3.63, 3.8) is 0 Å². The second kappa shape index (κ2) is 8.42. The molecule has 0 saturated carbocycles. The maximum absolute atomic E-state index is 11.2. The van der Waals surface area contributed by atoms with E-state index in [0.29, 0.717) is 6.54 Å². The number of aliphatic imine (C=N–C) groups is 1. The molecular formula is C18H28N4OS. The van der Waals surface area contributed by atoms with Crippen LogP contribution < -0.4 is 10.6 Å². The van der Waals surface area contributed by atoms with Crippen LogP contribution in [-0.2, 0) is 11.3 Å². The van der Waals surface area contributed by atoms with Crippen LogP contribution >= 0.6 is 11.8 Å². The Morgan fingerprint density at radius 3 is 2.88 bits per heavy atom. The summed E-state index contributed by atoms with van der Waals surface area (Å²) in [4.78, 5) is 18.3. The fourth-order valence-electron chi connectivity index (χ4n) is 2.74. The normalized spacial score (nSPS) is 17.5. The summed E-state index contributed by atoms with van der Waals surface area (Å²) in [5.74, 6) is 2.03. The molecule has 0 aliphatic carbocycles. The van der Waals surface area contributed by atoms with Gasteiger partial charge in [0, 0.05) is 42.7 Å². The predicted octanol–water partition coefficient (Wildman–Crippen LogP) is 2.94. The molecule has 2 N–H and O–H groups in total. The fraction of sp³-hybridized carbons (Fsp3) is 0.556. The van der Waals surface area contributed by atoms with Crippen LogP contribution in [0.4, 0.5) is 5.69 Å². The van der Waals surface area contributed by atoms with E-state index < -0.39 is 0 Å². The number of nitrogens with zero attached hydrogens (tertiary/aromatic N) is 2. The molecule has 1 heterocycles. The van der Waals surface area contributed by atoms with Crippen molar-refractivity contribution in [2.75, 3.05) is 30.7 Å². The van der Waals surface area contributed by atoms with Crippen molar-refractivity contribution in [2.45, 2.75) is 39.0 Å². The van der Waals surface area contributed by atoms with E-state index in [1.807, 2.05) is 36.0 Å². The van der Waals surface area contributed by atoms with E-state index in [9.17, 15) is 4.79 Å². The minimum atomic E-state index is -0.0583. The van der Waals surface area contributed by atoms with Gasteiger partial charge >= 0.3 is 0 Å². The highest BCUT2D eigenvalue weighted by molar-refractivity contribution is 8.00. The van der Waals surface area contributed by atoms with Crippen LogP contribution in [-0.4, -0.2) is 46.9 Å². The number of carbonyl (C=O) groups excluding carboxylic acids is 1. The third-order valence-corrected chi connectivity index (χ3v) is 5.02. The van der Waals surface area contributed by atoms with Gasteiger partial charge in [-0.05, 0) is 38.5 Å². The number of hydrogen-bond donors (Lipinski definition) is 2. The fourth-order valence-corrected chi connectivity index (χ4v) is 3.85. The summed E-state index contributed by atoms with van der Waals surface area (Å²) in [5.41, 5.74) is 1.90. The zero-order valence-electron chi connectivity index (χ0n) is 15.1. The van der Waals surface area contributed by atoms with Gasteiger partial charge in [-0.25, -0.2) is 4.99 Å². The highest BCUT2D eigenvalue weighted by Gasteiger charge is 2.28. The van der Waals surface area contributed by atoms with E-state index in [1.54, 1.807) is 0 Å². The number of guanidine groups is 1. The summed E-state index contributed by atoms with van der Waals surface area (Å²) in [6, 6.07) is 7.85. The van der Waals surface area contributed by atoms with Gasteiger partial charge in [-0.3, -0.25) is 4.79 Å². The maximum atomic E-state index is 11.2. The standard InChI is InChI=1S/C18H28N4OS/c1-5-19-17(22-9-10-24-18(3,4)13-22)20-12-15-7-6-8-16(11-15)21-14(2)23/h6-8,11H,5,9-10,12-13H2,1-4H3,(H,19,20)(H,21,23).